The second-order valence-corrected chi connectivity index (χ2v) is 16.4. The molecule has 0 saturated carbocycles. The minimum Gasteiger partial charge on any atom is -0.309 e. The first-order valence-corrected chi connectivity index (χ1v) is 22.8. The molecule has 6 nitrogen and oxygen atoms in total. The summed E-state index contributed by atoms with van der Waals surface area (Å²) in [5.41, 5.74) is 1.76. The molecule has 1 N–H and O–H groups in total. The summed E-state index contributed by atoms with van der Waals surface area (Å²) in [7, 11) is 0. The van der Waals surface area contributed by atoms with Gasteiger partial charge in [0.1, 0.15) is 5.52 Å². The van der Waals surface area contributed by atoms with Crippen molar-refractivity contribution in [3.8, 4) is 0 Å². The highest BCUT2D eigenvalue weighted by Crippen LogP contribution is 2.34. The van der Waals surface area contributed by atoms with Crippen molar-refractivity contribution >= 4 is 44.2 Å². The molecular weight excluding hydrogens is 659 g/mol. The number of nitrogens with zero attached hydrogens (tertiary/aromatic N) is 4. The average Bonchev–Trinajstić information content (AvgIpc) is 3.59. The van der Waals surface area contributed by atoms with Crippen LogP contribution < -0.4 is 5.32 Å². The summed E-state index contributed by atoms with van der Waals surface area (Å²) in [6.07, 6.45) is 30.5. The van der Waals surface area contributed by atoms with Gasteiger partial charge in [-0.2, -0.15) is 0 Å². The average molecular weight is 736 g/mol. The quantitative estimate of drug-likeness (QED) is 0.0631. The molecule has 0 unspecified atom stereocenters. The Kier molecular flexibility index (Phi) is 24.2. The zero-order valence-corrected chi connectivity index (χ0v) is 34.9. The van der Waals surface area contributed by atoms with Crippen molar-refractivity contribution in [2.24, 2.45) is 0 Å². The lowest BCUT2D eigenvalue weighted by Gasteiger charge is -2.24. The number of carbonyl (C=O) groups excluding carboxylic acids is 1. The number of thiazole rings is 1. The van der Waals surface area contributed by atoms with Crippen molar-refractivity contribution < 1.29 is 4.79 Å². The van der Waals surface area contributed by atoms with Gasteiger partial charge in [-0.1, -0.05) is 142 Å². The molecule has 1 amide bonds. The van der Waals surface area contributed by atoms with Crippen LogP contribution in [0.1, 0.15) is 180 Å². The van der Waals surface area contributed by atoms with Gasteiger partial charge in [0.2, 0.25) is 5.91 Å². The van der Waals surface area contributed by atoms with Crippen LogP contribution in [0, 0.1) is 0 Å². The Morgan fingerprint density at radius 1 is 0.596 bits per heavy atom. The molecule has 3 rings (SSSR count). The van der Waals surface area contributed by atoms with E-state index < -0.39 is 0 Å². The predicted octanol–water partition coefficient (Wildman–Crippen LogP) is 13.0. The molecule has 0 spiro atoms. The Bertz CT molecular complexity index is 1340. The third-order valence-electron chi connectivity index (χ3n) is 10.7. The molecule has 3 aromatic rings. The van der Waals surface area contributed by atoms with Crippen molar-refractivity contribution in [2.45, 2.75) is 182 Å². The molecule has 0 aliphatic heterocycles. The van der Waals surface area contributed by atoms with E-state index in [-0.39, 0.29) is 5.91 Å². The van der Waals surface area contributed by atoms with E-state index in [2.05, 4.69) is 54.9 Å². The van der Waals surface area contributed by atoms with Gasteiger partial charge < -0.3 is 15.1 Å². The summed E-state index contributed by atoms with van der Waals surface area (Å²) in [5.74, 6) is 0.672. The summed E-state index contributed by atoms with van der Waals surface area (Å²) < 4.78 is 1.13. The van der Waals surface area contributed by atoms with Gasteiger partial charge in [0.05, 0.1) is 15.2 Å². The van der Waals surface area contributed by atoms with Gasteiger partial charge in [0.25, 0.3) is 0 Å². The SMILES string of the molecule is CCCCCCCCCCN(CC)CCCCN(CCCCCCCCCC)CCCCCC(=O)Nc1nc2ccccc2c2sc(CCC)nc12. The summed E-state index contributed by atoms with van der Waals surface area (Å²) in [6, 6.07) is 8.20. The normalized spacial score (nSPS) is 11.9. The van der Waals surface area contributed by atoms with Crippen LogP contribution in [0.15, 0.2) is 24.3 Å². The highest BCUT2D eigenvalue weighted by atomic mass is 32.1. The maximum Gasteiger partial charge on any atom is 0.225 e. The number of hydrogen-bond donors (Lipinski definition) is 1. The molecule has 0 aliphatic carbocycles. The number of nitrogens with one attached hydrogen (secondary N) is 1. The second kappa shape index (κ2) is 28.4. The number of aromatic nitrogens is 2. The zero-order chi connectivity index (χ0) is 37.1. The molecule has 2 aromatic heterocycles. The monoisotopic (exact) mass is 736 g/mol. The molecule has 1 aromatic carbocycles. The number of pyridine rings is 1. The van der Waals surface area contributed by atoms with Gasteiger partial charge in [-0.25, -0.2) is 9.97 Å². The summed E-state index contributed by atoms with van der Waals surface area (Å²) in [4.78, 5) is 28.3. The molecule has 0 fully saturated rings. The smallest absolute Gasteiger partial charge is 0.225 e. The molecule has 0 atom stereocenters. The molecule has 52 heavy (non-hydrogen) atoms. The van der Waals surface area contributed by atoms with E-state index in [1.165, 1.54) is 148 Å². The van der Waals surface area contributed by atoms with E-state index in [9.17, 15) is 4.79 Å². The summed E-state index contributed by atoms with van der Waals surface area (Å²) in [6.45, 7) is 16.4. The zero-order valence-electron chi connectivity index (χ0n) is 34.1. The van der Waals surface area contributed by atoms with Crippen LogP contribution in [-0.4, -0.2) is 64.9 Å². The Balaban J connectivity index is 1.39. The van der Waals surface area contributed by atoms with Crippen LogP contribution in [0.25, 0.3) is 21.1 Å². The molecule has 0 bridgehead atoms. The Labute approximate surface area is 323 Å². The van der Waals surface area contributed by atoms with E-state index in [1.807, 2.05) is 12.1 Å². The molecular formula is C45H77N5OS. The lowest BCUT2D eigenvalue weighted by molar-refractivity contribution is -0.116. The lowest BCUT2D eigenvalue weighted by atomic mass is 10.1. The van der Waals surface area contributed by atoms with Crippen LogP contribution in [-0.2, 0) is 11.2 Å². The van der Waals surface area contributed by atoms with Crippen molar-refractivity contribution in [1.82, 2.24) is 19.8 Å². The van der Waals surface area contributed by atoms with Crippen molar-refractivity contribution in [3.63, 3.8) is 0 Å². The fourth-order valence-corrected chi connectivity index (χ4v) is 8.62. The predicted molar refractivity (Wildman–Crippen MR) is 229 cm³/mol. The number of carbonyl (C=O) groups is 1. The summed E-state index contributed by atoms with van der Waals surface area (Å²) in [5, 5.41) is 5.38. The van der Waals surface area contributed by atoms with Crippen LogP contribution in [0.5, 0.6) is 0 Å². The number of aryl methyl sites for hydroxylation is 1. The second-order valence-electron chi connectivity index (χ2n) is 15.3. The van der Waals surface area contributed by atoms with Gasteiger partial charge in [0, 0.05) is 11.8 Å². The van der Waals surface area contributed by atoms with E-state index in [4.69, 9.17) is 9.97 Å². The number of rotatable bonds is 33. The van der Waals surface area contributed by atoms with Crippen LogP contribution in [0.2, 0.25) is 0 Å². The van der Waals surface area contributed by atoms with Crippen molar-refractivity contribution in [2.75, 3.05) is 44.6 Å². The van der Waals surface area contributed by atoms with Gasteiger partial charge in [-0.15, -0.1) is 11.3 Å². The van der Waals surface area contributed by atoms with Crippen molar-refractivity contribution in [1.29, 1.82) is 0 Å². The fraction of sp³-hybridized carbons (Fsp3) is 0.756. The molecule has 2 heterocycles. The topological polar surface area (TPSA) is 61.4 Å². The first kappa shape index (κ1) is 44.3. The minimum atomic E-state index is 0.0531. The van der Waals surface area contributed by atoms with E-state index >= 15 is 0 Å². The van der Waals surface area contributed by atoms with Crippen LogP contribution >= 0.6 is 11.3 Å². The van der Waals surface area contributed by atoms with Gasteiger partial charge >= 0.3 is 0 Å². The molecule has 0 radical (unpaired) electrons. The standard InChI is InChI=1S/C45H77N5OS/c1-5-9-11-13-15-17-19-25-34-49(8-4)35-28-29-38-50(36-26-20-18-16-14-12-10-6-2)37-27-21-22-33-41(51)47-45-43-44(52-42(48-43)30-7-3)39-31-23-24-32-40(39)46-45/h23-24,31-32H,5-22,25-30,33-38H2,1-4H3,(H,46,47,51). The molecule has 0 saturated heterocycles. The first-order chi connectivity index (χ1) is 25.6. The Hall–Kier alpha value is -2.09. The highest BCUT2D eigenvalue weighted by molar-refractivity contribution is 7.19. The summed E-state index contributed by atoms with van der Waals surface area (Å²) >= 11 is 1.74. The fourth-order valence-electron chi connectivity index (χ4n) is 7.42. The van der Waals surface area contributed by atoms with Crippen LogP contribution in [0.4, 0.5) is 5.82 Å². The van der Waals surface area contributed by atoms with Gasteiger partial charge in [0.15, 0.2) is 5.82 Å². The third-order valence-corrected chi connectivity index (χ3v) is 11.8. The molecule has 0 aliphatic rings. The van der Waals surface area contributed by atoms with E-state index in [0.29, 0.717) is 12.2 Å². The van der Waals surface area contributed by atoms with E-state index in [0.717, 1.165) is 64.8 Å². The maximum absolute atomic E-state index is 13.1. The third kappa shape index (κ3) is 17.8. The maximum atomic E-state index is 13.1. The Morgan fingerprint density at radius 3 is 1.65 bits per heavy atom. The highest BCUT2D eigenvalue weighted by Gasteiger charge is 2.16. The number of fused-ring (bicyclic) bond motifs is 3. The van der Waals surface area contributed by atoms with Crippen LogP contribution in [0.3, 0.4) is 0 Å². The number of amides is 1. The minimum absolute atomic E-state index is 0.0531. The largest absolute Gasteiger partial charge is 0.309 e. The number of unbranched alkanes of at least 4 members (excludes halogenated alkanes) is 17. The number of para-hydroxylation sites is 1. The molecule has 7 heteroatoms. The van der Waals surface area contributed by atoms with Crippen molar-refractivity contribution in [3.05, 3.63) is 29.3 Å². The first-order valence-electron chi connectivity index (χ1n) is 22.0. The Morgan fingerprint density at radius 2 is 1.10 bits per heavy atom. The number of anilines is 1. The van der Waals surface area contributed by atoms with Gasteiger partial charge in [-0.05, 0) is 96.7 Å². The van der Waals surface area contributed by atoms with Gasteiger partial charge in [-0.3, -0.25) is 4.79 Å². The number of hydrogen-bond acceptors (Lipinski definition) is 6. The molecule has 294 valence electrons. The number of benzene rings is 1. The van der Waals surface area contributed by atoms with E-state index in [1.54, 1.807) is 11.3 Å². The lowest BCUT2D eigenvalue weighted by Crippen LogP contribution is -2.29.